The quantitative estimate of drug-likeness (QED) is 0.229. The van der Waals surface area contributed by atoms with Crippen LogP contribution in [0.15, 0.2) is 103 Å². The Labute approximate surface area is 225 Å². The molecule has 0 saturated heterocycles. The molecule has 0 aliphatic carbocycles. The Bertz CT molecular complexity index is 1590. The van der Waals surface area contributed by atoms with E-state index < -0.39 is 18.0 Å². The number of hydrogen-bond acceptors (Lipinski definition) is 5. The van der Waals surface area contributed by atoms with Gasteiger partial charge in [-0.1, -0.05) is 79.2 Å². The molecule has 5 aromatic rings. The maximum Gasteiger partial charge on any atom is 0.338 e. The van der Waals surface area contributed by atoms with Gasteiger partial charge < -0.3 is 10.1 Å². The lowest BCUT2D eigenvalue weighted by Crippen LogP contribution is -2.32. The molecule has 1 N–H and O–H groups in total. The zero-order chi connectivity index (χ0) is 26.5. The fraction of sp³-hybridized carbons (Fsp3) is 0.0968. The molecular weight excluding hydrogens is 498 g/mol. The minimum absolute atomic E-state index is 0.288. The Morgan fingerprint density at radius 3 is 1.95 bits per heavy atom. The monoisotopic (exact) mass is 521 g/mol. The zero-order valence-electron chi connectivity index (χ0n) is 20.6. The number of carbonyl (C=O) groups is 2. The highest BCUT2D eigenvalue weighted by atomic mass is 35.5. The molecule has 0 radical (unpaired) electrons. The summed E-state index contributed by atoms with van der Waals surface area (Å²) in [4.78, 5) is 35.6. The summed E-state index contributed by atoms with van der Waals surface area (Å²) >= 11 is 5.91. The Morgan fingerprint density at radius 2 is 1.37 bits per heavy atom. The van der Waals surface area contributed by atoms with E-state index in [1.165, 1.54) is 0 Å². The van der Waals surface area contributed by atoms with Crippen molar-refractivity contribution in [2.45, 2.75) is 19.4 Å². The van der Waals surface area contributed by atoms with Gasteiger partial charge in [0.2, 0.25) is 0 Å². The van der Waals surface area contributed by atoms with E-state index in [4.69, 9.17) is 26.3 Å². The van der Waals surface area contributed by atoms with E-state index in [0.29, 0.717) is 33.9 Å². The number of rotatable bonds is 7. The minimum atomic E-state index is -0.958. The number of ether oxygens (including phenoxy) is 1. The second kappa shape index (κ2) is 11.2. The van der Waals surface area contributed by atoms with Gasteiger partial charge in [0.15, 0.2) is 6.10 Å². The largest absolute Gasteiger partial charge is 0.449 e. The van der Waals surface area contributed by atoms with Gasteiger partial charge in [-0.3, -0.25) is 4.79 Å². The van der Waals surface area contributed by atoms with Crippen molar-refractivity contribution in [2.75, 3.05) is 5.32 Å². The van der Waals surface area contributed by atoms with E-state index in [2.05, 4.69) is 5.32 Å². The van der Waals surface area contributed by atoms with Crippen molar-refractivity contribution >= 4 is 40.2 Å². The molecule has 1 amide bonds. The first-order valence-electron chi connectivity index (χ1n) is 12.2. The van der Waals surface area contributed by atoms with E-state index >= 15 is 0 Å². The van der Waals surface area contributed by atoms with Crippen LogP contribution in [0.2, 0.25) is 5.02 Å². The molecule has 1 aromatic heterocycles. The molecule has 4 aromatic carbocycles. The lowest BCUT2D eigenvalue weighted by Gasteiger charge is -2.16. The number of fused-ring (bicyclic) bond motifs is 1. The first-order chi connectivity index (χ1) is 18.5. The molecular formula is C31H24ClN3O3. The van der Waals surface area contributed by atoms with E-state index in [1.54, 1.807) is 49.4 Å². The van der Waals surface area contributed by atoms with Crippen LogP contribution >= 0.6 is 11.6 Å². The summed E-state index contributed by atoms with van der Waals surface area (Å²) in [7, 11) is 0. The predicted molar refractivity (Wildman–Crippen MR) is 150 cm³/mol. The van der Waals surface area contributed by atoms with E-state index in [-0.39, 0.29) is 5.56 Å². The van der Waals surface area contributed by atoms with Crippen molar-refractivity contribution in [1.82, 2.24) is 9.97 Å². The number of hydrogen-bond donors (Lipinski definition) is 1. The number of esters is 1. The number of amides is 1. The smallest absolute Gasteiger partial charge is 0.338 e. The predicted octanol–water partition coefficient (Wildman–Crippen LogP) is 7.19. The Hall–Kier alpha value is -4.55. The third kappa shape index (κ3) is 5.56. The summed E-state index contributed by atoms with van der Waals surface area (Å²) in [5, 5.41) is 3.32. The van der Waals surface area contributed by atoms with Crippen LogP contribution < -0.4 is 5.32 Å². The van der Waals surface area contributed by atoms with Gasteiger partial charge in [-0.25, -0.2) is 14.8 Å². The van der Waals surface area contributed by atoms with Crippen molar-refractivity contribution < 1.29 is 14.3 Å². The number of nitrogens with zero attached hydrogens (tertiary/aromatic N) is 2. The molecule has 5 rings (SSSR count). The van der Waals surface area contributed by atoms with Crippen LogP contribution in [0, 0.1) is 0 Å². The van der Waals surface area contributed by atoms with Gasteiger partial charge in [0.1, 0.15) is 0 Å². The first-order valence-corrected chi connectivity index (χ1v) is 12.6. The molecule has 188 valence electrons. The van der Waals surface area contributed by atoms with Crippen LogP contribution in [-0.2, 0) is 9.53 Å². The number of nitrogens with one attached hydrogen (secondary N) is 1. The Kier molecular flexibility index (Phi) is 7.43. The number of halogens is 1. The summed E-state index contributed by atoms with van der Waals surface area (Å²) in [6, 6.07) is 31.4. The highest BCUT2D eigenvalue weighted by Crippen LogP contribution is 2.31. The van der Waals surface area contributed by atoms with E-state index in [1.807, 2.05) is 60.7 Å². The molecule has 0 aliphatic heterocycles. The summed E-state index contributed by atoms with van der Waals surface area (Å²) in [5.74, 6) is -1.03. The van der Waals surface area contributed by atoms with Crippen molar-refractivity contribution in [1.29, 1.82) is 0 Å². The number of anilines is 1. The summed E-state index contributed by atoms with van der Waals surface area (Å²) < 4.78 is 5.58. The molecule has 0 bridgehead atoms. The highest BCUT2D eigenvalue weighted by Gasteiger charge is 2.23. The summed E-state index contributed by atoms with van der Waals surface area (Å²) in [6.07, 6.45) is -0.641. The molecule has 7 heteroatoms. The van der Waals surface area contributed by atoms with E-state index in [9.17, 15) is 9.59 Å². The molecule has 1 atom stereocenters. The molecule has 6 nitrogen and oxygen atoms in total. The van der Waals surface area contributed by atoms with Gasteiger partial charge >= 0.3 is 5.97 Å². The van der Waals surface area contributed by atoms with Crippen molar-refractivity contribution in [3.63, 3.8) is 0 Å². The molecule has 0 fully saturated rings. The normalized spacial score (nSPS) is 11.6. The summed E-state index contributed by atoms with van der Waals surface area (Å²) in [6.45, 7) is 1.78. The minimum Gasteiger partial charge on any atom is -0.449 e. The Morgan fingerprint density at radius 1 is 0.789 bits per heavy atom. The third-order valence-electron chi connectivity index (χ3n) is 6.02. The van der Waals surface area contributed by atoms with Gasteiger partial charge in [-0.15, -0.1) is 0 Å². The zero-order valence-corrected chi connectivity index (χ0v) is 21.4. The van der Waals surface area contributed by atoms with Crippen molar-refractivity contribution in [3.05, 3.63) is 114 Å². The number of aromatic nitrogens is 2. The average molecular weight is 522 g/mol. The maximum absolute atomic E-state index is 13.0. The second-order valence-corrected chi connectivity index (χ2v) is 9.09. The van der Waals surface area contributed by atoms with Gasteiger partial charge in [-0.05, 0) is 48.9 Å². The van der Waals surface area contributed by atoms with Crippen LogP contribution in [0.4, 0.5) is 5.69 Å². The van der Waals surface area contributed by atoms with Crippen LogP contribution in [0.3, 0.4) is 0 Å². The van der Waals surface area contributed by atoms with Gasteiger partial charge in [0.05, 0.1) is 28.0 Å². The molecule has 1 heterocycles. The van der Waals surface area contributed by atoms with E-state index in [0.717, 1.165) is 16.8 Å². The molecule has 1 unspecified atom stereocenters. The molecule has 38 heavy (non-hydrogen) atoms. The van der Waals surface area contributed by atoms with Gasteiger partial charge in [0.25, 0.3) is 5.91 Å². The maximum atomic E-state index is 13.0. The lowest BCUT2D eigenvalue weighted by molar-refractivity contribution is -0.124. The second-order valence-electron chi connectivity index (χ2n) is 8.65. The molecule has 0 aliphatic rings. The van der Waals surface area contributed by atoms with Crippen LogP contribution in [0.1, 0.15) is 23.7 Å². The van der Waals surface area contributed by atoms with Crippen LogP contribution in [0.25, 0.3) is 33.5 Å². The highest BCUT2D eigenvalue weighted by molar-refractivity contribution is 6.30. The van der Waals surface area contributed by atoms with Gasteiger partial charge in [0, 0.05) is 21.8 Å². The standard InChI is InChI=1S/C31H24ClN3O3/c1-2-27(30(36)33-24-16-14-23(32)15-17-24)38-31(37)22-13-18-25-26(19-22)35-29(21-11-7-4-8-12-21)28(34-25)20-9-5-3-6-10-20/h3-19,27H,2H2,1H3,(H,33,36). The summed E-state index contributed by atoms with van der Waals surface area (Å²) in [5.41, 5.74) is 5.38. The van der Waals surface area contributed by atoms with Crippen molar-refractivity contribution in [3.8, 4) is 22.5 Å². The number of carbonyl (C=O) groups excluding carboxylic acids is 2. The third-order valence-corrected chi connectivity index (χ3v) is 6.27. The molecule has 0 saturated carbocycles. The van der Waals surface area contributed by atoms with Gasteiger partial charge in [-0.2, -0.15) is 0 Å². The number of benzene rings is 4. The SMILES string of the molecule is CCC(OC(=O)c1ccc2nc(-c3ccccc3)c(-c3ccccc3)nc2c1)C(=O)Nc1ccc(Cl)cc1. The van der Waals surface area contributed by atoms with Crippen molar-refractivity contribution in [2.24, 2.45) is 0 Å². The van der Waals surface area contributed by atoms with Crippen LogP contribution in [-0.4, -0.2) is 27.9 Å². The fourth-order valence-corrected chi connectivity index (χ4v) is 4.18. The topological polar surface area (TPSA) is 81.2 Å². The lowest BCUT2D eigenvalue weighted by atomic mass is 10.0. The molecule has 0 spiro atoms. The Balaban J connectivity index is 1.44. The van der Waals surface area contributed by atoms with Crippen LogP contribution in [0.5, 0.6) is 0 Å². The average Bonchev–Trinajstić information content (AvgIpc) is 2.96. The first kappa shape index (κ1) is 25.1. The fourth-order valence-electron chi connectivity index (χ4n) is 4.05.